The van der Waals surface area contributed by atoms with Crippen molar-refractivity contribution in [1.29, 1.82) is 0 Å². The zero-order valence-corrected chi connectivity index (χ0v) is 15.3. The number of benzene rings is 6. The molecule has 0 atom stereocenters. The molecule has 0 nitrogen and oxygen atoms in total. The fourth-order valence-corrected chi connectivity index (χ4v) is 7.75. The molecule has 0 bridgehead atoms. The Bertz CT molecular complexity index is 1900. The molecule has 0 heterocycles. The standard InChI is InChI=1S/C28H14/c1-2-12-7-17-10-18-9-16-6-13-3-4-14-8-15-5-11(1)19-20(12)25(17)28-26(18)23(16)21(13)22(14)27(28)24(15)19/h1-4,8,10H,5-7,9H2. The van der Waals surface area contributed by atoms with Crippen molar-refractivity contribution in [3.63, 3.8) is 0 Å². The molecule has 28 heavy (non-hydrogen) atoms. The molecule has 0 aromatic heterocycles. The molecule has 4 aliphatic rings. The molecular weight excluding hydrogens is 336 g/mol. The van der Waals surface area contributed by atoms with E-state index >= 15 is 0 Å². The first-order chi connectivity index (χ1) is 13.9. The fraction of sp³-hybridized carbons (Fsp3) is 0.143. The van der Waals surface area contributed by atoms with Crippen molar-refractivity contribution in [3.8, 4) is 0 Å². The molecule has 0 N–H and O–H groups in total. The van der Waals surface area contributed by atoms with Crippen molar-refractivity contribution >= 4 is 59.4 Å². The summed E-state index contributed by atoms with van der Waals surface area (Å²) in [5.41, 5.74) is 11.1. The maximum Gasteiger partial charge on any atom is -0.000454 e. The third kappa shape index (κ3) is 0.959. The number of hydrogen-bond donors (Lipinski definition) is 0. The van der Waals surface area contributed by atoms with Gasteiger partial charge >= 0.3 is 0 Å². The van der Waals surface area contributed by atoms with Gasteiger partial charge in [-0.25, -0.2) is 0 Å². The van der Waals surface area contributed by atoms with Crippen molar-refractivity contribution in [3.05, 3.63) is 75.0 Å². The summed E-state index contributed by atoms with van der Waals surface area (Å²) in [5, 5.41) is 17.5. The van der Waals surface area contributed by atoms with Gasteiger partial charge in [0.05, 0.1) is 0 Å². The molecule has 6 aromatic carbocycles. The van der Waals surface area contributed by atoms with Crippen LogP contribution in [0.4, 0.5) is 0 Å². The van der Waals surface area contributed by atoms with E-state index in [1.54, 1.807) is 92.6 Å². The second kappa shape index (κ2) is 3.37. The topological polar surface area (TPSA) is 0 Å². The van der Waals surface area contributed by atoms with Crippen molar-refractivity contribution in [2.45, 2.75) is 25.7 Å². The first-order valence-electron chi connectivity index (χ1n) is 10.6. The Labute approximate surface area is 160 Å². The predicted octanol–water partition coefficient (Wildman–Crippen LogP) is 5.68. The third-order valence-corrected chi connectivity index (χ3v) is 8.52. The average Bonchev–Trinajstić information content (AvgIpc) is 3.42. The zero-order chi connectivity index (χ0) is 17.5. The van der Waals surface area contributed by atoms with Crippen molar-refractivity contribution in [1.82, 2.24) is 0 Å². The van der Waals surface area contributed by atoms with Crippen LogP contribution >= 0.6 is 0 Å². The van der Waals surface area contributed by atoms with Gasteiger partial charge in [-0.2, -0.15) is 0 Å². The lowest BCUT2D eigenvalue weighted by Crippen LogP contribution is -2.04. The molecule has 0 spiro atoms. The molecule has 0 heteroatoms. The highest BCUT2D eigenvalue weighted by atomic mass is 14.4. The molecule has 10 rings (SSSR count). The summed E-state index contributed by atoms with van der Waals surface area (Å²) >= 11 is 0. The van der Waals surface area contributed by atoms with E-state index in [9.17, 15) is 0 Å². The summed E-state index contributed by atoms with van der Waals surface area (Å²) in [6.45, 7) is 0. The second-order valence-electron chi connectivity index (χ2n) is 9.62. The van der Waals surface area contributed by atoms with Gasteiger partial charge < -0.3 is 0 Å². The van der Waals surface area contributed by atoms with E-state index in [1.807, 2.05) is 0 Å². The molecule has 0 radical (unpaired) electrons. The molecule has 4 aliphatic carbocycles. The molecular formula is C28H14. The molecule has 0 unspecified atom stereocenters. The van der Waals surface area contributed by atoms with E-state index < -0.39 is 0 Å². The van der Waals surface area contributed by atoms with E-state index in [1.165, 1.54) is 18.2 Å². The molecule has 0 saturated carbocycles. The summed E-state index contributed by atoms with van der Waals surface area (Å²) in [7, 11) is 0. The van der Waals surface area contributed by atoms with Crippen molar-refractivity contribution in [2.24, 2.45) is 0 Å². The largest absolute Gasteiger partial charge is 0.0578 e. The second-order valence-corrected chi connectivity index (χ2v) is 9.62. The summed E-state index contributed by atoms with van der Waals surface area (Å²) in [5.74, 6) is 0. The van der Waals surface area contributed by atoms with Crippen LogP contribution in [0.15, 0.2) is 36.4 Å². The normalized spacial score (nSPS) is 17.4. The average molecular weight is 350 g/mol. The predicted molar refractivity (Wildman–Crippen MR) is 117 cm³/mol. The summed E-state index contributed by atoms with van der Waals surface area (Å²) in [6, 6.07) is 14.8. The molecule has 0 aliphatic heterocycles. The Morgan fingerprint density at radius 1 is 0.393 bits per heavy atom. The van der Waals surface area contributed by atoms with E-state index in [0.717, 1.165) is 12.8 Å². The quantitative estimate of drug-likeness (QED) is 0.244. The minimum absolute atomic E-state index is 1.11. The van der Waals surface area contributed by atoms with Gasteiger partial charge in [0, 0.05) is 0 Å². The van der Waals surface area contributed by atoms with Crippen LogP contribution in [0.25, 0.3) is 59.4 Å². The third-order valence-electron chi connectivity index (χ3n) is 8.52. The Morgan fingerprint density at radius 2 is 0.929 bits per heavy atom. The minimum atomic E-state index is 1.11. The first-order valence-corrected chi connectivity index (χ1v) is 10.6. The monoisotopic (exact) mass is 350 g/mol. The van der Waals surface area contributed by atoms with Crippen LogP contribution in [0.2, 0.25) is 0 Å². The van der Waals surface area contributed by atoms with Crippen molar-refractivity contribution < 1.29 is 0 Å². The SMILES string of the molecule is c1cc2cc3c4c5c(ccc6c5c5c(cc7c8c9c(c1CC=9C7)c2c4c85)C6)C3. The van der Waals surface area contributed by atoms with Gasteiger partial charge in [0.1, 0.15) is 0 Å². The lowest BCUT2D eigenvalue weighted by molar-refractivity contribution is 1.20. The summed E-state index contributed by atoms with van der Waals surface area (Å²) in [4.78, 5) is 0. The minimum Gasteiger partial charge on any atom is -0.0578 e. The van der Waals surface area contributed by atoms with Gasteiger partial charge in [-0.3, -0.25) is 0 Å². The summed E-state index contributed by atoms with van der Waals surface area (Å²) in [6.07, 6.45) is 4.57. The van der Waals surface area contributed by atoms with E-state index in [0.29, 0.717) is 0 Å². The lowest BCUT2D eigenvalue weighted by atomic mass is 9.84. The highest BCUT2D eigenvalue weighted by Gasteiger charge is 2.34. The van der Waals surface area contributed by atoms with Crippen LogP contribution in [0.1, 0.15) is 33.4 Å². The van der Waals surface area contributed by atoms with E-state index in [2.05, 4.69) is 36.4 Å². The molecule has 0 fully saturated rings. The zero-order valence-electron chi connectivity index (χ0n) is 15.3. The van der Waals surface area contributed by atoms with Gasteiger partial charge in [-0.05, 0) is 118 Å². The maximum atomic E-state index is 2.58. The lowest BCUT2D eigenvalue weighted by Gasteiger charge is -2.19. The van der Waals surface area contributed by atoms with Gasteiger partial charge in [-0.1, -0.05) is 42.0 Å². The van der Waals surface area contributed by atoms with Crippen LogP contribution in [0, 0.1) is 0 Å². The smallest absolute Gasteiger partial charge is 0.000454 e. The highest BCUT2D eigenvalue weighted by Crippen LogP contribution is 2.55. The Balaban J connectivity index is 1.79. The Morgan fingerprint density at radius 3 is 1.75 bits per heavy atom. The van der Waals surface area contributed by atoms with Crippen LogP contribution in [0.3, 0.4) is 0 Å². The Hall–Kier alpha value is -3.12. The maximum absolute atomic E-state index is 2.58. The summed E-state index contributed by atoms with van der Waals surface area (Å²) < 4.78 is 0. The Kier molecular flexibility index (Phi) is 1.49. The van der Waals surface area contributed by atoms with Gasteiger partial charge in [0.15, 0.2) is 0 Å². The first kappa shape index (κ1) is 12.4. The molecule has 126 valence electrons. The van der Waals surface area contributed by atoms with Gasteiger partial charge in [-0.15, -0.1) is 0 Å². The van der Waals surface area contributed by atoms with Crippen LogP contribution in [-0.4, -0.2) is 0 Å². The van der Waals surface area contributed by atoms with Gasteiger partial charge in [0.25, 0.3) is 0 Å². The van der Waals surface area contributed by atoms with Crippen LogP contribution < -0.4 is 5.22 Å². The van der Waals surface area contributed by atoms with Crippen LogP contribution in [0.5, 0.6) is 0 Å². The van der Waals surface area contributed by atoms with Crippen LogP contribution in [-0.2, 0) is 25.7 Å². The molecule has 0 saturated heterocycles. The number of hydrogen-bond acceptors (Lipinski definition) is 0. The number of rotatable bonds is 0. The van der Waals surface area contributed by atoms with E-state index in [4.69, 9.17) is 0 Å². The molecule has 0 amide bonds. The van der Waals surface area contributed by atoms with Crippen molar-refractivity contribution in [2.75, 3.05) is 0 Å². The fourth-order valence-electron chi connectivity index (χ4n) is 7.75. The molecule has 6 aromatic rings. The highest BCUT2D eigenvalue weighted by molar-refractivity contribution is 6.42. The van der Waals surface area contributed by atoms with E-state index in [-0.39, 0.29) is 0 Å². The van der Waals surface area contributed by atoms with Gasteiger partial charge in [0.2, 0.25) is 0 Å².